The molecule has 0 radical (unpaired) electrons. The van der Waals surface area contributed by atoms with E-state index < -0.39 is 11.6 Å². The molecule has 0 aliphatic carbocycles. The quantitative estimate of drug-likeness (QED) is 0.651. The van der Waals surface area contributed by atoms with E-state index in [0.717, 1.165) is 0 Å². The van der Waals surface area contributed by atoms with Crippen molar-refractivity contribution in [3.8, 4) is 11.5 Å². The number of hydrogen-bond donors (Lipinski definition) is 1. The maximum absolute atomic E-state index is 12.0. The van der Waals surface area contributed by atoms with Gasteiger partial charge in [0.05, 0.1) is 5.69 Å². The molecular formula is C17H19N3O4. The zero-order chi connectivity index (χ0) is 17.7. The molecule has 7 nitrogen and oxygen atoms in total. The molecule has 0 aliphatic rings. The van der Waals surface area contributed by atoms with Crippen molar-refractivity contribution in [1.29, 1.82) is 0 Å². The van der Waals surface area contributed by atoms with Crippen molar-refractivity contribution in [1.82, 2.24) is 4.98 Å². The van der Waals surface area contributed by atoms with E-state index >= 15 is 0 Å². The molecule has 126 valence electrons. The molecule has 7 heteroatoms. The highest BCUT2D eigenvalue weighted by atomic mass is 16.6. The Kier molecular flexibility index (Phi) is 5.13. The summed E-state index contributed by atoms with van der Waals surface area (Å²) in [5, 5.41) is 5.81. The molecule has 0 saturated carbocycles. The van der Waals surface area contributed by atoms with Gasteiger partial charge in [-0.15, -0.1) is 4.91 Å². The summed E-state index contributed by atoms with van der Waals surface area (Å²) < 4.78 is 10.9. The average Bonchev–Trinajstić information content (AvgIpc) is 2.53. The van der Waals surface area contributed by atoms with E-state index in [1.165, 1.54) is 18.3 Å². The maximum atomic E-state index is 12.0. The summed E-state index contributed by atoms with van der Waals surface area (Å²) >= 11 is 0. The SMILES string of the molecule is CNc1ccc(Oc2ccnc(C(=O)OC(C)(C)C)c2)cc1N=O. The van der Waals surface area contributed by atoms with E-state index in [0.29, 0.717) is 17.2 Å². The normalized spacial score (nSPS) is 10.8. The van der Waals surface area contributed by atoms with E-state index in [4.69, 9.17) is 9.47 Å². The summed E-state index contributed by atoms with van der Waals surface area (Å²) in [5.41, 5.74) is 0.365. The molecule has 0 spiro atoms. The van der Waals surface area contributed by atoms with Crippen LogP contribution in [0.1, 0.15) is 31.3 Å². The van der Waals surface area contributed by atoms with Gasteiger partial charge in [0.2, 0.25) is 0 Å². The van der Waals surface area contributed by atoms with Crippen molar-refractivity contribution < 1.29 is 14.3 Å². The number of nitroso groups, excluding NO2 is 1. The number of rotatable bonds is 5. The van der Waals surface area contributed by atoms with Crippen LogP contribution in [0, 0.1) is 4.91 Å². The average molecular weight is 329 g/mol. The monoisotopic (exact) mass is 329 g/mol. The Bertz CT molecular complexity index is 754. The minimum atomic E-state index is -0.608. The third-order valence-corrected chi connectivity index (χ3v) is 2.91. The molecule has 1 aromatic heterocycles. The summed E-state index contributed by atoms with van der Waals surface area (Å²) in [6.07, 6.45) is 1.45. The number of esters is 1. The van der Waals surface area contributed by atoms with Gasteiger partial charge in [-0.25, -0.2) is 9.78 Å². The Balaban J connectivity index is 2.21. The summed E-state index contributed by atoms with van der Waals surface area (Å²) in [5.74, 6) is 0.290. The highest BCUT2D eigenvalue weighted by molar-refractivity contribution is 5.87. The van der Waals surface area contributed by atoms with Crippen molar-refractivity contribution >= 4 is 17.3 Å². The van der Waals surface area contributed by atoms with Crippen LogP contribution in [0.25, 0.3) is 0 Å². The first-order chi connectivity index (χ1) is 11.3. The molecule has 2 aromatic rings. The molecule has 0 aliphatic heterocycles. The van der Waals surface area contributed by atoms with Crippen LogP contribution < -0.4 is 10.1 Å². The molecule has 0 bridgehead atoms. The van der Waals surface area contributed by atoms with Crippen LogP contribution in [0.3, 0.4) is 0 Å². The van der Waals surface area contributed by atoms with Gasteiger partial charge >= 0.3 is 5.97 Å². The first-order valence-electron chi connectivity index (χ1n) is 7.35. The smallest absolute Gasteiger partial charge is 0.357 e. The van der Waals surface area contributed by atoms with Crippen LogP contribution >= 0.6 is 0 Å². The van der Waals surface area contributed by atoms with E-state index in [1.54, 1.807) is 46.0 Å². The number of carbonyl (C=O) groups excluding carboxylic acids is 1. The number of nitrogens with zero attached hydrogens (tertiary/aromatic N) is 2. The number of nitrogens with one attached hydrogen (secondary N) is 1. The van der Waals surface area contributed by atoms with Crippen LogP contribution in [0.5, 0.6) is 11.5 Å². The van der Waals surface area contributed by atoms with Crippen LogP contribution in [-0.2, 0) is 4.74 Å². The molecule has 0 amide bonds. The molecule has 1 N–H and O–H groups in total. The largest absolute Gasteiger partial charge is 0.457 e. The number of carbonyl (C=O) groups is 1. The third-order valence-electron chi connectivity index (χ3n) is 2.91. The minimum Gasteiger partial charge on any atom is -0.457 e. The number of hydrogen-bond acceptors (Lipinski definition) is 7. The fourth-order valence-corrected chi connectivity index (χ4v) is 1.91. The molecule has 0 unspecified atom stereocenters. The second-order valence-electron chi connectivity index (χ2n) is 6.00. The second kappa shape index (κ2) is 7.08. The number of pyridine rings is 1. The van der Waals surface area contributed by atoms with Gasteiger partial charge in [-0.3, -0.25) is 0 Å². The molecule has 1 aromatic carbocycles. The maximum Gasteiger partial charge on any atom is 0.357 e. The summed E-state index contributed by atoms with van der Waals surface area (Å²) in [6.45, 7) is 5.34. The van der Waals surface area contributed by atoms with Crippen molar-refractivity contribution in [2.75, 3.05) is 12.4 Å². The molecular weight excluding hydrogens is 310 g/mol. The lowest BCUT2D eigenvalue weighted by molar-refractivity contribution is 0.00625. The van der Waals surface area contributed by atoms with Crippen LogP contribution in [0.2, 0.25) is 0 Å². The molecule has 0 fully saturated rings. The van der Waals surface area contributed by atoms with Crippen molar-refractivity contribution in [2.24, 2.45) is 5.18 Å². The topological polar surface area (TPSA) is 89.9 Å². The second-order valence-corrected chi connectivity index (χ2v) is 6.00. The lowest BCUT2D eigenvalue weighted by Gasteiger charge is -2.19. The first kappa shape index (κ1) is 17.4. The van der Waals surface area contributed by atoms with Crippen LogP contribution in [0.4, 0.5) is 11.4 Å². The molecule has 0 atom stereocenters. The fraction of sp³-hybridized carbons (Fsp3) is 0.294. The van der Waals surface area contributed by atoms with Crippen molar-refractivity contribution in [2.45, 2.75) is 26.4 Å². The van der Waals surface area contributed by atoms with Gasteiger partial charge in [0, 0.05) is 25.4 Å². The Morgan fingerprint density at radius 2 is 1.88 bits per heavy atom. The number of benzene rings is 1. The lowest BCUT2D eigenvalue weighted by atomic mass is 10.2. The highest BCUT2D eigenvalue weighted by Gasteiger charge is 2.19. The highest BCUT2D eigenvalue weighted by Crippen LogP contribution is 2.31. The van der Waals surface area contributed by atoms with E-state index in [-0.39, 0.29) is 11.4 Å². The molecule has 24 heavy (non-hydrogen) atoms. The van der Waals surface area contributed by atoms with E-state index in [2.05, 4.69) is 15.5 Å². The number of ether oxygens (including phenoxy) is 2. The van der Waals surface area contributed by atoms with Crippen molar-refractivity contribution in [3.63, 3.8) is 0 Å². The Morgan fingerprint density at radius 3 is 2.50 bits per heavy atom. The Labute approximate surface area is 140 Å². The van der Waals surface area contributed by atoms with Gasteiger partial charge in [-0.1, -0.05) is 0 Å². The molecule has 0 saturated heterocycles. The van der Waals surface area contributed by atoms with Gasteiger partial charge < -0.3 is 14.8 Å². The zero-order valence-electron chi connectivity index (χ0n) is 14.0. The standard InChI is InChI=1S/C17H19N3O4/c1-17(2,3)24-16(21)15-10-12(7-8-19-15)23-11-5-6-13(18-4)14(9-11)20-22/h5-10,18H,1-4H3. The molecule has 2 rings (SSSR count). The van der Waals surface area contributed by atoms with Gasteiger partial charge in [0.1, 0.15) is 22.8 Å². The fourth-order valence-electron chi connectivity index (χ4n) is 1.91. The van der Waals surface area contributed by atoms with Gasteiger partial charge in [-0.2, -0.15) is 0 Å². The first-order valence-corrected chi connectivity index (χ1v) is 7.35. The van der Waals surface area contributed by atoms with Gasteiger partial charge in [-0.05, 0) is 44.1 Å². The van der Waals surface area contributed by atoms with Crippen LogP contribution in [0.15, 0.2) is 41.7 Å². The molecule has 1 heterocycles. The minimum absolute atomic E-state index is 0.142. The lowest BCUT2D eigenvalue weighted by Crippen LogP contribution is -2.24. The summed E-state index contributed by atoms with van der Waals surface area (Å²) in [4.78, 5) is 26.9. The van der Waals surface area contributed by atoms with Gasteiger partial charge in [0.25, 0.3) is 0 Å². The predicted molar refractivity (Wildman–Crippen MR) is 90.9 cm³/mol. The summed E-state index contributed by atoms with van der Waals surface area (Å²) in [6, 6.07) is 7.96. The zero-order valence-corrected chi connectivity index (χ0v) is 14.0. The number of anilines is 1. The Hall–Kier alpha value is -2.96. The van der Waals surface area contributed by atoms with Crippen LogP contribution in [-0.4, -0.2) is 23.6 Å². The predicted octanol–water partition coefficient (Wildman–Crippen LogP) is 4.27. The van der Waals surface area contributed by atoms with E-state index in [1.807, 2.05) is 0 Å². The van der Waals surface area contributed by atoms with E-state index in [9.17, 15) is 9.70 Å². The third kappa shape index (κ3) is 4.52. The number of aromatic nitrogens is 1. The Morgan fingerprint density at radius 1 is 1.17 bits per heavy atom. The van der Waals surface area contributed by atoms with Gasteiger partial charge in [0.15, 0.2) is 5.69 Å². The summed E-state index contributed by atoms with van der Waals surface area (Å²) in [7, 11) is 1.69. The van der Waals surface area contributed by atoms with Crippen molar-refractivity contribution in [3.05, 3.63) is 47.1 Å².